The number of thiophene rings is 1. The van der Waals surface area contributed by atoms with Crippen LogP contribution in [0.5, 0.6) is 0 Å². The van der Waals surface area contributed by atoms with Gasteiger partial charge in [-0.05, 0) is 33.8 Å². The Labute approximate surface area is 82.3 Å². The molecule has 0 saturated heterocycles. The van der Waals surface area contributed by atoms with Crippen molar-refractivity contribution in [3.8, 4) is 0 Å². The molecule has 1 aromatic rings. The predicted molar refractivity (Wildman–Crippen MR) is 51.3 cm³/mol. The second-order valence-electron chi connectivity index (χ2n) is 2.41. The lowest BCUT2D eigenvalue weighted by Gasteiger charge is -2.03. The molecule has 0 aliphatic carbocycles. The number of nitrogens with two attached hydrogens (primary N) is 1. The summed E-state index contributed by atoms with van der Waals surface area (Å²) in [5.41, 5.74) is 6.45. The van der Waals surface area contributed by atoms with Crippen LogP contribution in [0.2, 0.25) is 0 Å². The molecule has 0 fully saturated rings. The highest BCUT2D eigenvalue weighted by atomic mass is 79.9. The van der Waals surface area contributed by atoms with E-state index in [0.29, 0.717) is 4.88 Å². The fourth-order valence-electron chi connectivity index (χ4n) is 0.772. The van der Waals surface area contributed by atoms with Crippen molar-refractivity contribution in [2.24, 2.45) is 5.73 Å². The van der Waals surface area contributed by atoms with Gasteiger partial charge in [-0.3, -0.25) is 4.79 Å². The Morgan fingerprint density at radius 1 is 1.83 bits per heavy atom. The fraction of sp³-hybridized carbons (Fsp3) is 0.286. The van der Waals surface area contributed by atoms with Crippen molar-refractivity contribution < 1.29 is 9.90 Å². The summed E-state index contributed by atoms with van der Waals surface area (Å²) < 4.78 is 0.808. The van der Waals surface area contributed by atoms with Gasteiger partial charge < -0.3 is 10.8 Å². The number of rotatable bonds is 2. The van der Waals surface area contributed by atoms with Gasteiger partial charge in [-0.2, -0.15) is 0 Å². The third-order valence-corrected chi connectivity index (χ3v) is 3.97. The normalized spacial score (nSPS) is 12.9. The Balaban J connectivity index is 3.03. The molecule has 1 aromatic heterocycles. The minimum Gasteiger partial charge on any atom is -0.480 e. The van der Waals surface area contributed by atoms with E-state index in [9.17, 15) is 4.79 Å². The summed E-state index contributed by atoms with van der Waals surface area (Å²) >= 11 is 4.65. The van der Waals surface area contributed by atoms with Gasteiger partial charge in [-0.1, -0.05) is 0 Å². The van der Waals surface area contributed by atoms with Crippen LogP contribution in [0.4, 0.5) is 0 Å². The van der Waals surface area contributed by atoms with E-state index in [2.05, 4.69) is 15.9 Å². The molecular formula is C7H8BrNO2S. The second-order valence-corrected chi connectivity index (χ2v) is 4.12. The van der Waals surface area contributed by atoms with Crippen LogP contribution in [0, 0.1) is 6.92 Å². The molecule has 66 valence electrons. The van der Waals surface area contributed by atoms with Gasteiger partial charge in [0.05, 0.1) is 0 Å². The van der Waals surface area contributed by atoms with Crippen molar-refractivity contribution >= 4 is 33.2 Å². The van der Waals surface area contributed by atoms with E-state index < -0.39 is 12.0 Å². The van der Waals surface area contributed by atoms with Crippen LogP contribution >= 0.6 is 27.3 Å². The molecule has 1 atom stereocenters. The minimum atomic E-state index is -1.00. The van der Waals surface area contributed by atoms with Crippen LogP contribution < -0.4 is 5.73 Å². The van der Waals surface area contributed by atoms with E-state index in [1.54, 1.807) is 0 Å². The smallest absolute Gasteiger partial charge is 0.326 e. The first kappa shape index (κ1) is 9.70. The highest BCUT2D eigenvalue weighted by Crippen LogP contribution is 2.31. The van der Waals surface area contributed by atoms with Gasteiger partial charge in [0.2, 0.25) is 0 Å². The van der Waals surface area contributed by atoms with E-state index in [1.165, 1.54) is 11.3 Å². The molecule has 0 amide bonds. The molecule has 0 aliphatic rings. The van der Waals surface area contributed by atoms with E-state index in [1.807, 2.05) is 12.3 Å². The van der Waals surface area contributed by atoms with Crippen LogP contribution in [0.25, 0.3) is 0 Å². The molecule has 0 radical (unpaired) electrons. The highest BCUT2D eigenvalue weighted by molar-refractivity contribution is 9.10. The summed E-state index contributed by atoms with van der Waals surface area (Å²) in [7, 11) is 0. The molecule has 0 spiro atoms. The predicted octanol–water partition coefficient (Wildman–Crippen LogP) is 1.90. The van der Waals surface area contributed by atoms with E-state index in [-0.39, 0.29) is 0 Å². The van der Waals surface area contributed by atoms with Crippen LogP contribution in [0.3, 0.4) is 0 Å². The standard InChI is InChI=1S/C7H8BrNO2S/c1-3-2-12-6(4(3)8)5(9)7(10)11/h2,5H,9H2,1H3,(H,10,11). The first-order valence-corrected chi connectivity index (χ1v) is 4.93. The molecule has 1 unspecified atom stereocenters. The lowest BCUT2D eigenvalue weighted by Crippen LogP contribution is -2.19. The SMILES string of the molecule is Cc1csc(C(N)C(=O)O)c1Br. The minimum absolute atomic E-state index is 0.667. The number of aryl methyl sites for hydroxylation is 1. The molecule has 0 aromatic carbocycles. The number of aliphatic carboxylic acids is 1. The van der Waals surface area contributed by atoms with Crippen molar-refractivity contribution in [3.05, 3.63) is 20.3 Å². The van der Waals surface area contributed by atoms with Crippen LogP contribution in [0.15, 0.2) is 9.85 Å². The maximum Gasteiger partial charge on any atom is 0.326 e. The van der Waals surface area contributed by atoms with Crippen LogP contribution in [-0.2, 0) is 4.79 Å². The summed E-state index contributed by atoms with van der Waals surface area (Å²) in [6.45, 7) is 1.90. The summed E-state index contributed by atoms with van der Waals surface area (Å²) in [5, 5.41) is 10.5. The molecule has 0 bridgehead atoms. The molecule has 0 aliphatic heterocycles. The summed E-state index contributed by atoms with van der Waals surface area (Å²) in [5.74, 6) is -1.00. The van der Waals surface area contributed by atoms with Crippen molar-refractivity contribution in [2.75, 3.05) is 0 Å². The third kappa shape index (κ3) is 1.68. The summed E-state index contributed by atoms with van der Waals surface area (Å²) in [6.07, 6.45) is 0. The highest BCUT2D eigenvalue weighted by Gasteiger charge is 2.19. The quantitative estimate of drug-likeness (QED) is 0.842. The largest absolute Gasteiger partial charge is 0.480 e. The van der Waals surface area contributed by atoms with Gasteiger partial charge in [0.25, 0.3) is 0 Å². The van der Waals surface area contributed by atoms with E-state index in [4.69, 9.17) is 10.8 Å². The molecule has 12 heavy (non-hydrogen) atoms. The first-order valence-electron chi connectivity index (χ1n) is 3.26. The molecule has 5 heteroatoms. The zero-order valence-electron chi connectivity index (χ0n) is 6.37. The molecule has 0 saturated carbocycles. The average molecular weight is 250 g/mol. The lowest BCUT2D eigenvalue weighted by molar-refractivity contribution is -0.138. The summed E-state index contributed by atoms with van der Waals surface area (Å²) in [4.78, 5) is 11.2. The van der Waals surface area contributed by atoms with Crippen LogP contribution in [0.1, 0.15) is 16.5 Å². The Bertz CT molecular complexity index is 310. The molecular weight excluding hydrogens is 242 g/mol. The van der Waals surface area contributed by atoms with Crippen molar-refractivity contribution in [1.29, 1.82) is 0 Å². The topological polar surface area (TPSA) is 63.3 Å². The Hall–Kier alpha value is -0.390. The van der Waals surface area contributed by atoms with E-state index in [0.717, 1.165) is 10.0 Å². The maximum atomic E-state index is 10.5. The lowest BCUT2D eigenvalue weighted by atomic mass is 10.2. The van der Waals surface area contributed by atoms with Gasteiger partial charge in [-0.25, -0.2) is 0 Å². The zero-order chi connectivity index (χ0) is 9.30. The number of hydrogen-bond acceptors (Lipinski definition) is 3. The Kier molecular flexibility index (Phi) is 2.87. The van der Waals surface area contributed by atoms with Gasteiger partial charge in [-0.15, -0.1) is 11.3 Å². The molecule has 1 rings (SSSR count). The van der Waals surface area contributed by atoms with E-state index >= 15 is 0 Å². The zero-order valence-corrected chi connectivity index (χ0v) is 8.78. The van der Waals surface area contributed by atoms with Gasteiger partial charge in [0.15, 0.2) is 0 Å². The summed E-state index contributed by atoms with van der Waals surface area (Å²) in [6, 6.07) is -0.918. The van der Waals surface area contributed by atoms with Crippen molar-refractivity contribution in [3.63, 3.8) is 0 Å². The van der Waals surface area contributed by atoms with Gasteiger partial charge in [0, 0.05) is 9.35 Å². The molecule has 1 heterocycles. The monoisotopic (exact) mass is 249 g/mol. The fourth-order valence-corrected chi connectivity index (χ4v) is 2.50. The first-order chi connectivity index (χ1) is 5.54. The number of carboxylic acid groups (broad SMARTS) is 1. The number of carbonyl (C=O) groups is 1. The van der Waals surface area contributed by atoms with Crippen molar-refractivity contribution in [1.82, 2.24) is 0 Å². The van der Waals surface area contributed by atoms with Gasteiger partial charge in [0.1, 0.15) is 6.04 Å². The molecule has 3 N–H and O–H groups in total. The number of halogens is 1. The van der Waals surface area contributed by atoms with Gasteiger partial charge >= 0.3 is 5.97 Å². The third-order valence-electron chi connectivity index (χ3n) is 1.47. The maximum absolute atomic E-state index is 10.5. The average Bonchev–Trinajstić information content (AvgIpc) is 2.32. The number of carboxylic acids is 1. The molecule has 3 nitrogen and oxygen atoms in total. The van der Waals surface area contributed by atoms with Crippen molar-refractivity contribution in [2.45, 2.75) is 13.0 Å². The Morgan fingerprint density at radius 2 is 2.42 bits per heavy atom. The Morgan fingerprint density at radius 3 is 2.75 bits per heavy atom. The number of hydrogen-bond donors (Lipinski definition) is 2. The second kappa shape index (κ2) is 3.55. The van der Waals surface area contributed by atoms with Crippen LogP contribution in [-0.4, -0.2) is 11.1 Å².